The summed E-state index contributed by atoms with van der Waals surface area (Å²) in [5.41, 5.74) is 2.21. The zero-order chi connectivity index (χ0) is 15.4. The Morgan fingerprint density at radius 3 is 2.43 bits per heavy atom. The highest BCUT2D eigenvalue weighted by Crippen LogP contribution is 2.31. The van der Waals surface area contributed by atoms with Gasteiger partial charge in [-0.05, 0) is 37.8 Å². The average Bonchev–Trinajstić information content (AvgIpc) is 2.47. The molecule has 1 aromatic rings. The highest BCUT2D eigenvalue weighted by Gasteiger charge is 2.36. The van der Waals surface area contributed by atoms with Crippen molar-refractivity contribution >= 4 is 11.9 Å². The topological polar surface area (TPSA) is 66.4 Å². The van der Waals surface area contributed by atoms with Gasteiger partial charge in [-0.25, -0.2) is 0 Å². The van der Waals surface area contributed by atoms with Crippen molar-refractivity contribution < 1.29 is 14.7 Å². The van der Waals surface area contributed by atoms with Crippen LogP contribution in [0.1, 0.15) is 49.8 Å². The maximum atomic E-state index is 12.4. The van der Waals surface area contributed by atoms with Crippen molar-refractivity contribution in [1.29, 1.82) is 0 Å². The molecule has 3 atom stereocenters. The Morgan fingerprint density at radius 1 is 1.19 bits per heavy atom. The minimum Gasteiger partial charge on any atom is -0.481 e. The first-order chi connectivity index (χ1) is 10.0. The monoisotopic (exact) mass is 289 g/mol. The molecule has 4 heteroatoms. The van der Waals surface area contributed by atoms with Gasteiger partial charge in [-0.3, -0.25) is 9.59 Å². The van der Waals surface area contributed by atoms with Crippen LogP contribution >= 0.6 is 0 Å². The van der Waals surface area contributed by atoms with E-state index in [2.05, 4.69) is 5.32 Å². The molecule has 1 saturated carbocycles. The van der Waals surface area contributed by atoms with Crippen molar-refractivity contribution in [2.75, 3.05) is 0 Å². The molecule has 0 radical (unpaired) electrons. The third-order valence-corrected chi connectivity index (χ3v) is 4.43. The van der Waals surface area contributed by atoms with E-state index in [4.69, 9.17) is 0 Å². The lowest BCUT2D eigenvalue weighted by Crippen LogP contribution is -2.40. The molecule has 0 spiro atoms. The summed E-state index contributed by atoms with van der Waals surface area (Å²) in [7, 11) is 0. The SMILES string of the molecule is Cc1ccccc1[C@@H](C)NC(=O)[C@@H]1CCCC[C@@H]1C(=O)O. The maximum absolute atomic E-state index is 12.4. The lowest BCUT2D eigenvalue weighted by atomic mass is 9.78. The first-order valence-corrected chi connectivity index (χ1v) is 7.59. The summed E-state index contributed by atoms with van der Waals surface area (Å²) in [4.78, 5) is 23.7. The molecule has 0 heterocycles. The summed E-state index contributed by atoms with van der Waals surface area (Å²) in [6, 6.07) is 7.82. The molecule has 1 fully saturated rings. The van der Waals surface area contributed by atoms with Crippen LogP contribution in [-0.4, -0.2) is 17.0 Å². The van der Waals surface area contributed by atoms with Crippen LogP contribution < -0.4 is 5.32 Å². The van der Waals surface area contributed by atoms with Crippen LogP contribution in [0.4, 0.5) is 0 Å². The molecule has 4 nitrogen and oxygen atoms in total. The van der Waals surface area contributed by atoms with E-state index in [1.54, 1.807) is 0 Å². The molecule has 0 aromatic heterocycles. The van der Waals surface area contributed by atoms with E-state index in [9.17, 15) is 14.7 Å². The second-order valence-corrected chi connectivity index (χ2v) is 5.92. The van der Waals surface area contributed by atoms with Gasteiger partial charge in [0.1, 0.15) is 0 Å². The van der Waals surface area contributed by atoms with Gasteiger partial charge in [-0.2, -0.15) is 0 Å². The Morgan fingerprint density at radius 2 is 1.81 bits per heavy atom. The number of amides is 1. The molecule has 2 N–H and O–H groups in total. The van der Waals surface area contributed by atoms with Gasteiger partial charge in [0.2, 0.25) is 5.91 Å². The molecular formula is C17H23NO3. The van der Waals surface area contributed by atoms with Crippen LogP contribution in [0.3, 0.4) is 0 Å². The molecule has 0 unspecified atom stereocenters. The largest absolute Gasteiger partial charge is 0.481 e. The number of benzene rings is 1. The van der Waals surface area contributed by atoms with Gasteiger partial charge < -0.3 is 10.4 Å². The van der Waals surface area contributed by atoms with Gasteiger partial charge in [0.15, 0.2) is 0 Å². The molecule has 1 aliphatic rings. The summed E-state index contributed by atoms with van der Waals surface area (Å²) in [6.07, 6.45) is 3.10. The van der Waals surface area contributed by atoms with Crippen LogP contribution in [-0.2, 0) is 9.59 Å². The van der Waals surface area contributed by atoms with Gasteiger partial charge in [0.25, 0.3) is 0 Å². The van der Waals surface area contributed by atoms with E-state index in [0.29, 0.717) is 12.8 Å². The number of hydrogen-bond acceptors (Lipinski definition) is 2. The fraction of sp³-hybridized carbons (Fsp3) is 0.529. The van der Waals surface area contributed by atoms with Crippen LogP contribution in [0.2, 0.25) is 0 Å². The summed E-state index contributed by atoms with van der Waals surface area (Å²) in [6.45, 7) is 3.96. The van der Waals surface area contributed by atoms with E-state index in [0.717, 1.165) is 24.0 Å². The number of carboxylic acids is 1. The molecule has 1 aliphatic carbocycles. The Balaban J connectivity index is 2.06. The minimum absolute atomic E-state index is 0.102. The Bertz CT molecular complexity index is 527. The van der Waals surface area contributed by atoms with E-state index in [-0.39, 0.29) is 11.9 Å². The molecule has 0 bridgehead atoms. The number of rotatable bonds is 4. The van der Waals surface area contributed by atoms with Gasteiger partial charge in [0.05, 0.1) is 17.9 Å². The first kappa shape index (κ1) is 15.5. The molecule has 2 rings (SSSR count). The summed E-state index contributed by atoms with van der Waals surface area (Å²) in [5.74, 6) is -1.92. The third-order valence-electron chi connectivity index (χ3n) is 4.43. The van der Waals surface area contributed by atoms with E-state index in [1.807, 2.05) is 38.1 Å². The van der Waals surface area contributed by atoms with Crippen molar-refractivity contribution in [3.63, 3.8) is 0 Å². The van der Waals surface area contributed by atoms with Gasteiger partial charge >= 0.3 is 5.97 Å². The van der Waals surface area contributed by atoms with Crippen LogP contribution in [0.25, 0.3) is 0 Å². The maximum Gasteiger partial charge on any atom is 0.307 e. The van der Waals surface area contributed by atoms with Crippen molar-refractivity contribution in [2.45, 2.75) is 45.6 Å². The highest BCUT2D eigenvalue weighted by molar-refractivity contribution is 5.85. The molecule has 1 aromatic carbocycles. The van der Waals surface area contributed by atoms with Crippen molar-refractivity contribution in [3.05, 3.63) is 35.4 Å². The number of carbonyl (C=O) groups excluding carboxylic acids is 1. The molecule has 0 saturated heterocycles. The fourth-order valence-corrected chi connectivity index (χ4v) is 3.21. The number of carboxylic acid groups (broad SMARTS) is 1. The van der Waals surface area contributed by atoms with Crippen LogP contribution in [0.15, 0.2) is 24.3 Å². The van der Waals surface area contributed by atoms with E-state index >= 15 is 0 Å². The minimum atomic E-state index is -0.849. The zero-order valence-electron chi connectivity index (χ0n) is 12.6. The summed E-state index contributed by atoms with van der Waals surface area (Å²) in [5, 5.41) is 12.3. The highest BCUT2D eigenvalue weighted by atomic mass is 16.4. The predicted octanol–water partition coefficient (Wildman–Crippen LogP) is 3.06. The van der Waals surface area contributed by atoms with E-state index in [1.165, 1.54) is 0 Å². The molecule has 0 aliphatic heterocycles. The number of aliphatic carboxylic acids is 1. The third kappa shape index (κ3) is 3.63. The quantitative estimate of drug-likeness (QED) is 0.895. The fourth-order valence-electron chi connectivity index (χ4n) is 3.21. The average molecular weight is 289 g/mol. The van der Waals surface area contributed by atoms with Crippen molar-refractivity contribution in [3.8, 4) is 0 Å². The lowest BCUT2D eigenvalue weighted by molar-refractivity contribution is -0.149. The number of nitrogens with one attached hydrogen (secondary N) is 1. The number of carbonyl (C=O) groups is 2. The van der Waals surface area contributed by atoms with Gasteiger partial charge in [-0.1, -0.05) is 37.1 Å². The molecular weight excluding hydrogens is 266 g/mol. The zero-order valence-corrected chi connectivity index (χ0v) is 12.6. The van der Waals surface area contributed by atoms with Crippen LogP contribution in [0, 0.1) is 18.8 Å². The number of aryl methyl sites for hydroxylation is 1. The normalized spacial score (nSPS) is 23.3. The van der Waals surface area contributed by atoms with Crippen molar-refractivity contribution in [1.82, 2.24) is 5.32 Å². The smallest absolute Gasteiger partial charge is 0.307 e. The summed E-state index contributed by atoms with van der Waals surface area (Å²) >= 11 is 0. The molecule has 21 heavy (non-hydrogen) atoms. The van der Waals surface area contributed by atoms with Gasteiger partial charge in [-0.15, -0.1) is 0 Å². The molecule has 114 valence electrons. The van der Waals surface area contributed by atoms with Crippen molar-refractivity contribution in [2.24, 2.45) is 11.8 Å². The van der Waals surface area contributed by atoms with Gasteiger partial charge in [0, 0.05) is 0 Å². The predicted molar refractivity (Wildman–Crippen MR) is 80.8 cm³/mol. The lowest BCUT2D eigenvalue weighted by Gasteiger charge is -2.29. The van der Waals surface area contributed by atoms with E-state index < -0.39 is 17.8 Å². The standard InChI is InChI=1S/C17H23NO3/c1-11-7-3-4-8-13(11)12(2)18-16(19)14-9-5-6-10-15(14)17(20)21/h3-4,7-8,12,14-15H,5-6,9-10H2,1-2H3,(H,18,19)(H,20,21)/t12-,14-,15+/m1/s1. The second kappa shape index (κ2) is 6.74. The van der Waals surface area contributed by atoms with Crippen LogP contribution in [0.5, 0.6) is 0 Å². The Kier molecular flexibility index (Phi) is 4.99. The second-order valence-electron chi connectivity index (χ2n) is 5.92. The summed E-state index contributed by atoms with van der Waals surface area (Å²) < 4.78 is 0. The Labute approximate surface area is 125 Å². The molecule has 1 amide bonds. The first-order valence-electron chi connectivity index (χ1n) is 7.59. The Hall–Kier alpha value is -1.84. The number of hydrogen-bond donors (Lipinski definition) is 2.